The minimum Gasteiger partial charge on any atom is -0.344 e. The van der Waals surface area contributed by atoms with Crippen molar-refractivity contribution in [2.45, 2.75) is 34.2 Å². The standard InChI is InChI=1S/C20H20N6OS/c1-11-7-5-6-8-15(11)19-23-14(4)16(28-19)10-21-18(27)17-24-20-22-12(2)9-13(3)26(20)25-17/h5-9H,10H2,1-4H3,(H,21,27). The van der Waals surface area contributed by atoms with Crippen LogP contribution >= 0.6 is 11.3 Å². The molecule has 0 aliphatic carbocycles. The number of nitrogens with zero attached hydrogens (tertiary/aromatic N) is 5. The van der Waals surface area contributed by atoms with Crippen LogP contribution in [-0.4, -0.2) is 30.5 Å². The lowest BCUT2D eigenvalue weighted by molar-refractivity contribution is 0.0941. The molecule has 1 amide bonds. The van der Waals surface area contributed by atoms with Gasteiger partial charge in [-0.05, 0) is 39.3 Å². The normalized spacial score (nSPS) is 11.1. The molecule has 0 saturated carbocycles. The van der Waals surface area contributed by atoms with Crippen molar-refractivity contribution in [2.75, 3.05) is 0 Å². The lowest BCUT2D eigenvalue weighted by atomic mass is 10.1. The number of thiazole rings is 1. The Morgan fingerprint density at radius 2 is 1.89 bits per heavy atom. The summed E-state index contributed by atoms with van der Waals surface area (Å²) in [7, 11) is 0. The molecule has 0 atom stereocenters. The first-order valence-corrected chi connectivity index (χ1v) is 9.75. The maximum Gasteiger partial charge on any atom is 0.291 e. The summed E-state index contributed by atoms with van der Waals surface area (Å²) in [5.74, 6) is 0.216. The van der Waals surface area contributed by atoms with Gasteiger partial charge in [-0.1, -0.05) is 24.3 Å². The van der Waals surface area contributed by atoms with Crippen LogP contribution in [0.1, 0.15) is 38.1 Å². The number of hydrogen-bond donors (Lipinski definition) is 1. The van der Waals surface area contributed by atoms with E-state index in [1.807, 2.05) is 39.0 Å². The van der Waals surface area contributed by atoms with Gasteiger partial charge in [0.05, 0.1) is 12.2 Å². The van der Waals surface area contributed by atoms with Crippen LogP contribution in [0, 0.1) is 27.7 Å². The van der Waals surface area contributed by atoms with Crippen molar-refractivity contribution >= 4 is 23.0 Å². The van der Waals surface area contributed by atoms with Gasteiger partial charge in [0.2, 0.25) is 5.82 Å². The molecule has 0 spiro atoms. The summed E-state index contributed by atoms with van der Waals surface area (Å²) in [5, 5.41) is 8.13. The van der Waals surface area contributed by atoms with E-state index in [-0.39, 0.29) is 11.7 Å². The quantitative estimate of drug-likeness (QED) is 0.575. The summed E-state index contributed by atoms with van der Waals surface area (Å²) >= 11 is 1.59. The zero-order valence-electron chi connectivity index (χ0n) is 16.1. The van der Waals surface area contributed by atoms with E-state index in [1.54, 1.807) is 15.9 Å². The Labute approximate surface area is 166 Å². The Bertz CT molecular complexity index is 1190. The second kappa shape index (κ2) is 7.12. The lowest BCUT2D eigenvalue weighted by Crippen LogP contribution is -2.24. The van der Waals surface area contributed by atoms with Crippen LogP contribution in [0.2, 0.25) is 0 Å². The molecular weight excluding hydrogens is 372 g/mol. The van der Waals surface area contributed by atoms with Crippen molar-refractivity contribution in [3.05, 3.63) is 63.7 Å². The Morgan fingerprint density at radius 1 is 1.11 bits per heavy atom. The van der Waals surface area contributed by atoms with Crippen LogP contribution in [0.4, 0.5) is 0 Å². The molecule has 0 aliphatic rings. The van der Waals surface area contributed by atoms with Crippen molar-refractivity contribution in [3.63, 3.8) is 0 Å². The topological polar surface area (TPSA) is 85.1 Å². The molecule has 0 radical (unpaired) electrons. The van der Waals surface area contributed by atoms with Crippen molar-refractivity contribution in [3.8, 4) is 10.6 Å². The van der Waals surface area contributed by atoms with Crippen molar-refractivity contribution < 1.29 is 4.79 Å². The summed E-state index contributed by atoms with van der Waals surface area (Å²) in [6, 6.07) is 10.1. The molecule has 28 heavy (non-hydrogen) atoms. The smallest absolute Gasteiger partial charge is 0.291 e. The molecule has 142 valence electrons. The largest absolute Gasteiger partial charge is 0.344 e. The number of hydrogen-bond acceptors (Lipinski definition) is 6. The van der Waals surface area contributed by atoms with Gasteiger partial charge in [-0.3, -0.25) is 4.79 Å². The monoisotopic (exact) mass is 392 g/mol. The number of rotatable bonds is 4. The highest BCUT2D eigenvalue weighted by Gasteiger charge is 2.17. The highest BCUT2D eigenvalue weighted by atomic mass is 32.1. The summed E-state index contributed by atoms with van der Waals surface area (Å²) in [6.45, 7) is 8.21. The highest BCUT2D eigenvalue weighted by Crippen LogP contribution is 2.30. The van der Waals surface area contributed by atoms with Crippen LogP contribution in [0.15, 0.2) is 30.3 Å². The van der Waals surface area contributed by atoms with Gasteiger partial charge in [0.25, 0.3) is 11.7 Å². The second-order valence-electron chi connectivity index (χ2n) is 6.71. The Kier molecular flexibility index (Phi) is 4.64. The van der Waals surface area contributed by atoms with E-state index >= 15 is 0 Å². The van der Waals surface area contributed by atoms with E-state index in [9.17, 15) is 4.79 Å². The summed E-state index contributed by atoms with van der Waals surface area (Å²) in [4.78, 5) is 26.8. The van der Waals surface area contributed by atoms with E-state index in [2.05, 4.69) is 44.4 Å². The summed E-state index contributed by atoms with van der Waals surface area (Å²) in [6.07, 6.45) is 0. The summed E-state index contributed by atoms with van der Waals surface area (Å²) < 4.78 is 1.58. The molecule has 0 aliphatic heterocycles. The Hall–Kier alpha value is -3.13. The Morgan fingerprint density at radius 3 is 2.68 bits per heavy atom. The lowest BCUT2D eigenvalue weighted by Gasteiger charge is -2.01. The van der Waals surface area contributed by atoms with Crippen molar-refractivity contribution in [1.82, 2.24) is 29.9 Å². The molecule has 3 heterocycles. The number of fused-ring (bicyclic) bond motifs is 1. The first-order chi connectivity index (χ1) is 13.4. The van der Waals surface area contributed by atoms with Gasteiger partial charge < -0.3 is 5.32 Å². The molecule has 4 rings (SSSR count). The van der Waals surface area contributed by atoms with E-state index in [0.717, 1.165) is 32.5 Å². The van der Waals surface area contributed by atoms with Crippen LogP contribution in [0.5, 0.6) is 0 Å². The molecule has 8 heteroatoms. The first kappa shape index (κ1) is 18.2. The fourth-order valence-electron chi connectivity index (χ4n) is 3.02. The zero-order valence-corrected chi connectivity index (χ0v) is 17.0. The zero-order chi connectivity index (χ0) is 19.8. The molecule has 0 unspecified atom stereocenters. The fraction of sp³-hybridized carbons (Fsp3) is 0.250. The third-order valence-corrected chi connectivity index (χ3v) is 5.69. The van der Waals surface area contributed by atoms with Gasteiger partial charge in [0.1, 0.15) is 5.01 Å². The SMILES string of the molecule is Cc1cc(C)n2nc(C(=O)NCc3sc(-c4ccccc4C)nc3C)nc2n1. The molecule has 1 aromatic carbocycles. The molecular formula is C20H20N6OS. The summed E-state index contributed by atoms with van der Waals surface area (Å²) in [5.41, 5.74) is 4.94. The molecule has 7 nitrogen and oxygen atoms in total. The number of benzene rings is 1. The Balaban J connectivity index is 1.53. The van der Waals surface area contributed by atoms with Gasteiger partial charge in [-0.25, -0.2) is 14.5 Å². The van der Waals surface area contributed by atoms with Crippen LogP contribution in [0.3, 0.4) is 0 Å². The van der Waals surface area contributed by atoms with Crippen molar-refractivity contribution in [2.24, 2.45) is 0 Å². The van der Waals surface area contributed by atoms with Gasteiger partial charge in [0, 0.05) is 21.8 Å². The maximum absolute atomic E-state index is 12.5. The molecule has 0 fully saturated rings. The minimum atomic E-state index is -0.326. The average Bonchev–Trinajstić information content (AvgIpc) is 3.24. The number of amides is 1. The highest BCUT2D eigenvalue weighted by molar-refractivity contribution is 7.15. The third-order valence-electron chi connectivity index (χ3n) is 4.50. The second-order valence-corrected chi connectivity index (χ2v) is 7.79. The van der Waals surface area contributed by atoms with Gasteiger partial charge in [-0.2, -0.15) is 4.98 Å². The molecule has 1 N–H and O–H groups in total. The van der Waals surface area contributed by atoms with E-state index < -0.39 is 0 Å². The molecule has 4 aromatic rings. The average molecular weight is 392 g/mol. The van der Waals surface area contributed by atoms with E-state index in [4.69, 9.17) is 0 Å². The number of aromatic nitrogens is 5. The van der Waals surface area contributed by atoms with Gasteiger partial charge >= 0.3 is 0 Å². The number of carbonyl (C=O) groups is 1. The number of nitrogens with one attached hydrogen (secondary N) is 1. The molecule has 0 saturated heterocycles. The van der Waals surface area contributed by atoms with Crippen LogP contribution in [-0.2, 0) is 6.54 Å². The van der Waals surface area contributed by atoms with E-state index in [0.29, 0.717) is 12.3 Å². The maximum atomic E-state index is 12.5. The fourth-order valence-corrected chi connectivity index (χ4v) is 4.11. The predicted molar refractivity (Wildman–Crippen MR) is 108 cm³/mol. The van der Waals surface area contributed by atoms with Crippen molar-refractivity contribution in [1.29, 1.82) is 0 Å². The van der Waals surface area contributed by atoms with Gasteiger partial charge in [0.15, 0.2) is 0 Å². The first-order valence-electron chi connectivity index (χ1n) is 8.94. The van der Waals surface area contributed by atoms with E-state index in [1.165, 1.54) is 5.56 Å². The molecule has 3 aromatic heterocycles. The third kappa shape index (κ3) is 3.38. The number of carbonyl (C=O) groups excluding carboxylic acids is 1. The van der Waals surface area contributed by atoms with Crippen LogP contribution < -0.4 is 5.32 Å². The van der Waals surface area contributed by atoms with Gasteiger partial charge in [-0.15, -0.1) is 16.4 Å². The number of aryl methyl sites for hydroxylation is 4. The molecule has 0 bridgehead atoms. The minimum absolute atomic E-state index is 0.113. The van der Waals surface area contributed by atoms with Crippen LogP contribution in [0.25, 0.3) is 16.3 Å². The predicted octanol–water partition coefficient (Wildman–Crippen LogP) is 3.41.